The summed E-state index contributed by atoms with van der Waals surface area (Å²) in [6, 6.07) is 17.0. The molecule has 23 heavy (non-hydrogen) atoms. The zero-order chi connectivity index (χ0) is 16.2. The first-order valence-electron chi connectivity index (χ1n) is 6.97. The van der Waals surface area contributed by atoms with E-state index in [2.05, 4.69) is 15.3 Å². The molecule has 1 aromatic heterocycles. The molecule has 0 spiro atoms. The first-order valence-corrected chi connectivity index (χ1v) is 7.73. The monoisotopic (exact) mass is 344 g/mol. The van der Waals surface area contributed by atoms with E-state index in [0.29, 0.717) is 21.8 Å². The van der Waals surface area contributed by atoms with Gasteiger partial charge in [0.25, 0.3) is 0 Å². The van der Waals surface area contributed by atoms with E-state index in [0.717, 1.165) is 11.4 Å². The topological polar surface area (TPSA) is 41.1 Å². The van der Waals surface area contributed by atoms with E-state index in [1.165, 1.54) is 0 Å². The molecule has 0 radical (unpaired) electrons. The van der Waals surface area contributed by atoms with Gasteiger partial charge < -0.3 is 10.2 Å². The zero-order valence-electron chi connectivity index (χ0n) is 12.4. The van der Waals surface area contributed by atoms with Crippen molar-refractivity contribution in [1.29, 1.82) is 0 Å². The highest BCUT2D eigenvalue weighted by atomic mass is 35.5. The Labute approximate surface area is 144 Å². The number of hydrogen-bond acceptors (Lipinski definition) is 4. The molecule has 2 aromatic carbocycles. The van der Waals surface area contributed by atoms with Crippen LogP contribution in [-0.2, 0) is 0 Å². The van der Waals surface area contributed by atoms with Crippen molar-refractivity contribution in [3.63, 3.8) is 0 Å². The van der Waals surface area contributed by atoms with Crippen LogP contribution >= 0.6 is 23.2 Å². The lowest BCUT2D eigenvalue weighted by molar-refractivity contribution is 1.04. The average Bonchev–Trinajstić information content (AvgIpc) is 2.58. The summed E-state index contributed by atoms with van der Waals surface area (Å²) in [5, 5.41) is 4.30. The summed E-state index contributed by atoms with van der Waals surface area (Å²) in [7, 11) is 1.92. The first kappa shape index (κ1) is 15.6. The second kappa shape index (κ2) is 6.86. The number of hydrogen-bond donors (Lipinski definition) is 1. The second-order valence-corrected chi connectivity index (χ2v) is 5.73. The van der Waals surface area contributed by atoms with Crippen LogP contribution in [0.4, 0.5) is 23.1 Å². The van der Waals surface area contributed by atoms with E-state index >= 15 is 0 Å². The Morgan fingerprint density at radius 2 is 1.78 bits per heavy atom. The van der Waals surface area contributed by atoms with Crippen molar-refractivity contribution in [2.75, 3.05) is 17.3 Å². The van der Waals surface area contributed by atoms with E-state index in [1.54, 1.807) is 24.4 Å². The molecule has 1 N–H and O–H groups in total. The highest BCUT2D eigenvalue weighted by Crippen LogP contribution is 2.28. The lowest BCUT2D eigenvalue weighted by Crippen LogP contribution is -2.13. The van der Waals surface area contributed by atoms with Gasteiger partial charge in [0.05, 0.1) is 10.7 Å². The summed E-state index contributed by atoms with van der Waals surface area (Å²) < 4.78 is 0. The normalized spacial score (nSPS) is 10.4. The molecule has 116 valence electrons. The van der Waals surface area contributed by atoms with Crippen LogP contribution in [0.2, 0.25) is 10.0 Å². The lowest BCUT2D eigenvalue weighted by atomic mass is 10.3. The van der Waals surface area contributed by atoms with Crippen molar-refractivity contribution in [1.82, 2.24) is 9.97 Å². The number of para-hydroxylation sites is 1. The number of nitrogens with one attached hydrogen (secondary N) is 1. The fraction of sp³-hybridized carbons (Fsp3) is 0.0588. The first-order chi connectivity index (χ1) is 11.1. The summed E-state index contributed by atoms with van der Waals surface area (Å²) in [5.41, 5.74) is 1.75. The van der Waals surface area contributed by atoms with Gasteiger partial charge in [0.2, 0.25) is 5.95 Å². The summed E-state index contributed by atoms with van der Waals surface area (Å²) in [6.07, 6.45) is 1.70. The van der Waals surface area contributed by atoms with E-state index in [-0.39, 0.29) is 0 Å². The maximum Gasteiger partial charge on any atom is 0.231 e. The van der Waals surface area contributed by atoms with Gasteiger partial charge in [0.15, 0.2) is 0 Å². The van der Waals surface area contributed by atoms with E-state index < -0.39 is 0 Å². The largest absolute Gasteiger partial charge is 0.339 e. The molecule has 0 fully saturated rings. The smallest absolute Gasteiger partial charge is 0.231 e. The third-order valence-electron chi connectivity index (χ3n) is 3.28. The molecule has 6 heteroatoms. The molecule has 0 bridgehead atoms. The number of aromatic nitrogens is 2. The maximum atomic E-state index is 6.18. The standard InChI is InChI=1S/C17H14Cl2N4/c1-23(13-5-3-2-4-6-13)17-20-10-9-16(22-17)21-15-8-7-12(18)11-14(15)19/h2-11H,1H3,(H,20,21,22). The fourth-order valence-electron chi connectivity index (χ4n) is 2.08. The van der Waals surface area contributed by atoms with Gasteiger partial charge in [-0.2, -0.15) is 4.98 Å². The van der Waals surface area contributed by atoms with Crippen LogP contribution in [0.15, 0.2) is 60.8 Å². The molecule has 0 amide bonds. The van der Waals surface area contributed by atoms with Crippen LogP contribution in [0, 0.1) is 0 Å². The van der Waals surface area contributed by atoms with Crippen molar-refractivity contribution >= 4 is 46.3 Å². The third kappa shape index (κ3) is 3.73. The Bertz CT molecular complexity index is 809. The number of anilines is 4. The molecule has 0 saturated heterocycles. The molecule has 0 aliphatic rings. The van der Waals surface area contributed by atoms with Gasteiger partial charge >= 0.3 is 0 Å². The van der Waals surface area contributed by atoms with E-state index in [9.17, 15) is 0 Å². The highest BCUT2D eigenvalue weighted by molar-refractivity contribution is 6.36. The van der Waals surface area contributed by atoms with E-state index in [4.69, 9.17) is 23.2 Å². The van der Waals surface area contributed by atoms with Crippen LogP contribution in [0.5, 0.6) is 0 Å². The molecule has 3 rings (SSSR count). The number of benzene rings is 2. The summed E-state index contributed by atoms with van der Waals surface area (Å²) in [4.78, 5) is 10.7. The minimum Gasteiger partial charge on any atom is -0.339 e. The van der Waals surface area contributed by atoms with Gasteiger partial charge in [-0.3, -0.25) is 0 Å². The number of halogens is 2. The van der Waals surface area contributed by atoms with Crippen molar-refractivity contribution in [2.45, 2.75) is 0 Å². The summed E-state index contributed by atoms with van der Waals surface area (Å²) >= 11 is 12.1. The minimum atomic E-state index is 0.536. The quantitative estimate of drug-likeness (QED) is 0.697. The predicted molar refractivity (Wildman–Crippen MR) is 96.3 cm³/mol. The average molecular weight is 345 g/mol. The predicted octanol–water partition coefficient (Wildman–Crippen LogP) is 5.29. The Kier molecular flexibility index (Phi) is 4.65. The van der Waals surface area contributed by atoms with Gasteiger partial charge in [-0.25, -0.2) is 4.98 Å². The van der Waals surface area contributed by atoms with Crippen LogP contribution in [0.3, 0.4) is 0 Å². The van der Waals surface area contributed by atoms with Crippen molar-refractivity contribution < 1.29 is 0 Å². The Morgan fingerprint density at radius 1 is 1.00 bits per heavy atom. The molecule has 4 nitrogen and oxygen atoms in total. The van der Waals surface area contributed by atoms with Crippen LogP contribution < -0.4 is 10.2 Å². The van der Waals surface area contributed by atoms with E-state index in [1.807, 2.05) is 48.3 Å². The molecular weight excluding hydrogens is 331 g/mol. The third-order valence-corrected chi connectivity index (χ3v) is 3.83. The van der Waals surface area contributed by atoms with Crippen LogP contribution in [0.25, 0.3) is 0 Å². The molecule has 0 saturated carbocycles. The number of rotatable bonds is 4. The fourth-order valence-corrected chi connectivity index (χ4v) is 2.53. The van der Waals surface area contributed by atoms with Crippen LogP contribution in [0.1, 0.15) is 0 Å². The van der Waals surface area contributed by atoms with Gasteiger partial charge in [-0.15, -0.1) is 0 Å². The van der Waals surface area contributed by atoms with Crippen molar-refractivity contribution in [3.05, 3.63) is 70.8 Å². The Morgan fingerprint density at radius 3 is 2.52 bits per heavy atom. The van der Waals surface area contributed by atoms with Crippen molar-refractivity contribution in [3.8, 4) is 0 Å². The molecule has 1 heterocycles. The van der Waals surface area contributed by atoms with Crippen LogP contribution in [-0.4, -0.2) is 17.0 Å². The summed E-state index contributed by atoms with van der Waals surface area (Å²) in [5.74, 6) is 1.24. The minimum absolute atomic E-state index is 0.536. The SMILES string of the molecule is CN(c1ccccc1)c1nccc(Nc2ccc(Cl)cc2Cl)n1. The Balaban J connectivity index is 1.85. The maximum absolute atomic E-state index is 6.18. The number of nitrogens with zero attached hydrogens (tertiary/aromatic N) is 3. The molecule has 0 atom stereocenters. The lowest BCUT2D eigenvalue weighted by Gasteiger charge is -2.17. The second-order valence-electron chi connectivity index (χ2n) is 4.89. The molecule has 0 aliphatic heterocycles. The van der Waals surface area contributed by atoms with Gasteiger partial charge in [0, 0.05) is 24.0 Å². The molecule has 3 aromatic rings. The van der Waals surface area contributed by atoms with Crippen molar-refractivity contribution in [2.24, 2.45) is 0 Å². The molecule has 0 aliphatic carbocycles. The molecular formula is C17H14Cl2N4. The highest BCUT2D eigenvalue weighted by Gasteiger charge is 2.08. The van der Waals surface area contributed by atoms with Gasteiger partial charge in [-0.1, -0.05) is 41.4 Å². The molecule has 0 unspecified atom stereocenters. The Hall–Kier alpha value is -2.30. The van der Waals surface area contributed by atoms with Gasteiger partial charge in [-0.05, 0) is 36.4 Å². The zero-order valence-corrected chi connectivity index (χ0v) is 13.9. The summed E-state index contributed by atoms with van der Waals surface area (Å²) in [6.45, 7) is 0. The van der Waals surface area contributed by atoms with Gasteiger partial charge in [0.1, 0.15) is 5.82 Å².